The molecule has 2 aliphatic rings. The third kappa shape index (κ3) is 2.10. The maximum absolute atomic E-state index is 13.6. The van der Waals surface area contributed by atoms with Crippen LogP contribution in [0.2, 0.25) is 0 Å². The van der Waals surface area contributed by atoms with Gasteiger partial charge in [-0.15, -0.1) is 0 Å². The average Bonchev–Trinajstić information content (AvgIpc) is 2.86. The van der Waals surface area contributed by atoms with Gasteiger partial charge in [0.15, 0.2) is 0 Å². The quantitative estimate of drug-likeness (QED) is 0.836. The molecule has 0 aromatic heterocycles. The van der Waals surface area contributed by atoms with E-state index in [1.165, 1.54) is 4.90 Å². The first-order chi connectivity index (χ1) is 9.06. The van der Waals surface area contributed by atoms with Gasteiger partial charge in [-0.05, 0) is 11.8 Å². The van der Waals surface area contributed by atoms with Gasteiger partial charge in [0.25, 0.3) is 5.91 Å². The van der Waals surface area contributed by atoms with Crippen LogP contribution in [-0.2, 0) is 0 Å². The zero-order valence-electron chi connectivity index (χ0n) is 10.1. The third-order valence-corrected chi connectivity index (χ3v) is 3.90. The highest BCUT2D eigenvalue weighted by atomic mass is 19.1. The molecule has 2 aliphatic heterocycles. The second-order valence-electron chi connectivity index (χ2n) is 5.13. The zero-order valence-corrected chi connectivity index (χ0v) is 10.1. The molecule has 0 spiro atoms. The van der Waals surface area contributed by atoms with Crippen molar-refractivity contribution < 1.29 is 18.0 Å². The van der Waals surface area contributed by atoms with Gasteiger partial charge < -0.3 is 10.2 Å². The Labute approximate surface area is 108 Å². The largest absolute Gasteiger partial charge is 0.338 e. The van der Waals surface area contributed by atoms with Crippen LogP contribution in [0.25, 0.3) is 0 Å². The Hall–Kier alpha value is -1.56. The predicted molar refractivity (Wildman–Crippen MR) is 62.1 cm³/mol. The minimum atomic E-state index is -1.14. The van der Waals surface area contributed by atoms with Crippen molar-refractivity contribution in [1.82, 2.24) is 10.2 Å². The summed E-state index contributed by atoms with van der Waals surface area (Å²) in [7, 11) is 0. The molecule has 1 amide bonds. The Balaban J connectivity index is 1.85. The summed E-state index contributed by atoms with van der Waals surface area (Å²) < 4.78 is 40.0. The molecule has 1 aromatic rings. The number of halogens is 3. The van der Waals surface area contributed by atoms with Crippen molar-refractivity contribution in [3.05, 3.63) is 35.1 Å². The lowest BCUT2D eigenvalue weighted by atomic mass is 10.0. The highest BCUT2D eigenvalue weighted by Crippen LogP contribution is 2.28. The Bertz CT molecular complexity index is 500. The lowest BCUT2D eigenvalue weighted by Crippen LogP contribution is -2.33. The maximum atomic E-state index is 13.6. The smallest absolute Gasteiger partial charge is 0.259 e. The summed E-state index contributed by atoms with van der Waals surface area (Å²) in [4.78, 5) is 13.6. The summed E-state index contributed by atoms with van der Waals surface area (Å²) in [6.07, 6.45) is 0. The summed E-state index contributed by atoms with van der Waals surface area (Å²) in [6, 6.07) is 1.07. The molecule has 0 saturated carbocycles. The number of hydrogen-bond acceptors (Lipinski definition) is 2. The summed E-state index contributed by atoms with van der Waals surface area (Å²) in [5.41, 5.74) is -0.658. The predicted octanol–water partition coefficient (Wildman–Crippen LogP) is 1.40. The van der Waals surface area contributed by atoms with E-state index in [1.807, 2.05) is 0 Å². The number of likely N-dealkylation sites (tertiary alicyclic amines) is 1. The van der Waals surface area contributed by atoms with Gasteiger partial charge in [0.05, 0.1) is 0 Å². The highest BCUT2D eigenvalue weighted by Gasteiger charge is 2.39. The SMILES string of the molecule is O=C(c1c(F)cc(F)cc1F)N1CC2CNCC2C1. The van der Waals surface area contributed by atoms with E-state index in [0.717, 1.165) is 13.1 Å². The van der Waals surface area contributed by atoms with E-state index in [-0.39, 0.29) is 0 Å². The minimum Gasteiger partial charge on any atom is -0.338 e. The maximum Gasteiger partial charge on any atom is 0.259 e. The molecule has 2 fully saturated rings. The van der Waals surface area contributed by atoms with E-state index in [9.17, 15) is 18.0 Å². The number of fused-ring (bicyclic) bond motifs is 1. The Morgan fingerprint density at radius 2 is 1.63 bits per heavy atom. The van der Waals surface area contributed by atoms with Crippen LogP contribution >= 0.6 is 0 Å². The lowest BCUT2D eigenvalue weighted by molar-refractivity contribution is 0.0772. The van der Waals surface area contributed by atoms with Crippen LogP contribution in [0.5, 0.6) is 0 Å². The van der Waals surface area contributed by atoms with E-state index in [4.69, 9.17) is 0 Å². The van der Waals surface area contributed by atoms with Gasteiger partial charge in [0, 0.05) is 38.3 Å². The number of hydrogen-bond donors (Lipinski definition) is 1. The average molecular weight is 270 g/mol. The van der Waals surface area contributed by atoms with Crippen molar-refractivity contribution in [2.45, 2.75) is 0 Å². The number of carbonyl (C=O) groups is 1. The van der Waals surface area contributed by atoms with E-state index < -0.39 is 28.9 Å². The van der Waals surface area contributed by atoms with E-state index in [1.54, 1.807) is 0 Å². The van der Waals surface area contributed by atoms with Gasteiger partial charge in [-0.25, -0.2) is 13.2 Å². The minimum absolute atomic E-state index is 0.343. The molecule has 2 atom stereocenters. The fourth-order valence-electron chi connectivity index (χ4n) is 2.93. The molecule has 2 heterocycles. The molecule has 1 aromatic carbocycles. The summed E-state index contributed by atoms with van der Waals surface area (Å²) in [5, 5.41) is 3.22. The van der Waals surface area contributed by atoms with Gasteiger partial charge >= 0.3 is 0 Å². The van der Waals surface area contributed by atoms with E-state index in [2.05, 4.69) is 5.32 Å². The van der Waals surface area contributed by atoms with Crippen LogP contribution in [0, 0.1) is 29.3 Å². The molecule has 6 heteroatoms. The standard InChI is InChI=1S/C13H13F3N2O/c14-9-1-10(15)12(11(16)2-9)13(19)18-5-7-3-17-4-8(7)6-18/h1-2,7-8,17H,3-6H2. The molecule has 3 rings (SSSR count). The van der Waals surface area contributed by atoms with Gasteiger partial charge in [-0.1, -0.05) is 0 Å². The molecule has 1 N–H and O–H groups in total. The molecule has 0 radical (unpaired) electrons. The highest BCUT2D eigenvalue weighted by molar-refractivity contribution is 5.95. The van der Waals surface area contributed by atoms with Crippen molar-refractivity contribution in [3.8, 4) is 0 Å². The number of rotatable bonds is 1. The fraction of sp³-hybridized carbons (Fsp3) is 0.462. The fourth-order valence-corrected chi connectivity index (χ4v) is 2.93. The second-order valence-corrected chi connectivity index (χ2v) is 5.13. The molecular formula is C13H13F3N2O. The molecule has 2 unspecified atom stereocenters. The Morgan fingerprint density at radius 3 is 2.16 bits per heavy atom. The molecule has 0 bridgehead atoms. The molecule has 102 valence electrons. The summed E-state index contributed by atoms with van der Waals surface area (Å²) in [6.45, 7) is 2.63. The first-order valence-corrected chi connectivity index (χ1v) is 6.21. The molecule has 19 heavy (non-hydrogen) atoms. The number of nitrogens with zero attached hydrogens (tertiary/aromatic N) is 1. The van der Waals surface area contributed by atoms with Gasteiger partial charge in [0.2, 0.25) is 0 Å². The van der Waals surface area contributed by atoms with Crippen LogP contribution in [0.15, 0.2) is 12.1 Å². The Kier molecular flexibility index (Phi) is 2.97. The van der Waals surface area contributed by atoms with Crippen molar-refractivity contribution in [3.63, 3.8) is 0 Å². The summed E-state index contributed by atoms with van der Waals surface area (Å²) >= 11 is 0. The summed E-state index contributed by atoms with van der Waals surface area (Å²) in [5.74, 6) is -3.31. The number of nitrogens with one attached hydrogen (secondary N) is 1. The topological polar surface area (TPSA) is 32.3 Å². The van der Waals surface area contributed by atoms with Gasteiger partial charge in [-0.3, -0.25) is 4.79 Å². The molecule has 0 aliphatic carbocycles. The van der Waals surface area contributed by atoms with Gasteiger partial charge in [-0.2, -0.15) is 0 Å². The first-order valence-electron chi connectivity index (χ1n) is 6.21. The van der Waals surface area contributed by atoms with Gasteiger partial charge in [0.1, 0.15) is 23.0 Å². The number of amides is 1. The van der Waals surface area contributed by atoms with Crippen LogP contribution in [0.4, 0.5) is 13.2 Å². The number of benzene rings is 1. The van der Waals surface area contributed by atoms with Crippen LogP contribution in [0.3, 0.4) is 0 Å². The van der Waals surface area contributed by atoms with Crippen molar-refractivity contribution in [2.75, 3.05) is 26.2 Å². The monoisotopic (exact) mass is 270 g/mol. The van der Waals surface area contributed by atoms with E-state index >= 15 is 0 Å². The second kappa shape index (κ2) is 4.52. The van der Waals surface area contributed by atoms with Crippen molar-refractivity contribution >= 4 is 5.91 Å². The lowest BCUT2D eigenvalue weighted by Gasteiger charge is -2.18. The zero-order chi connectivity index (χ0) is 13.6. The van der Waals surface area contributed by atoms with Crippen molar-refractivity contribution in [1.29, 1.82) is 0 Å². The van der Waals surface area contributed by atoms with Crippen LogP contribution < -0.4 is 5.32 Å². The molecule has 3 nitrogen and oxygen atoms in total. The number of carbonyl (C=O) groups excluding carboxylic acids is 1. The first kappa shape index (κ1) is 12.5. The molecular weight excluding hydrogens is 257 g/mol. The third-order valence-electron chi connectivity index (χ3n) is 3.90. The van der Waals surface area contributed by atoms with Crippen molar-refractivity contribution in [2.24, 2.45) is 11.8 Å². The van der Waals surface area contributed by atoms with Crippen LogP contribution in [0.1, 0.15) is 10.4 Å². The van der Waals surface area contributed by atoms with Crippen LogP contribution in [-0.4, -0.2) is 37.0 Å². The normalized spacial score (nSPS) is 25.7. The van der Waals surface area contributed by atoms with E-state index in [0.29, 0.717) is 37.1 Å². The Morgan fingerprint density at radius 1 is 1.11 bits per heavy atom. The molecule has 2 saturated heterocycles.